The Morgan fingerprint density at radius 1 is 1.30 bits per heavy atom. The van der Waals surface area contributed by atoms with Crippen LogP contribution in [0.4, 0.5) is 0 Å². The van der Waals surface area contributed by atoms with E-state index in [4.69, 9.17) is 4.74 Å². The largest absolute Gasteiger partial charge is 2.00 e. The standard InChI is InChI=1S/C4H10O.C3H7Br.Mg.2H/c1-3-5-4-2;1-3(2)4;;;/h3-4H2,1-2H3;3H,1-2H3;;;/q;;+2;2*-1. The van der Waals surface area contributed by atoms with Crippen molar-refractivity contribution in [3.63, 3.8) is 0 Å². The molecule has 0 saturated heterocycles. The summed E-state index contributed by atoms with van der Waals surface area (Å²) in [6.45, 7) is 9.83. The van der Waals surface area contributed by atoms with Crippen LogP contribution in [-0.4, -0.2) is 41.1 Å². The molecule has 3 heteroatoms. The molecule has 0 bridgehead atoms. The maximum absolute atomic E-state index is 4.83. The Hall–Kier alpha value is 1.21. The molecular formula is C7H19BrMgO. The van der Waals surface area contributed by atoms with Gasteiger partial charge in [-0.2, -0.15) is 0 Å². The molecule has 0 amide bonds. The zero-order valence-electron chi connectivity index (χ0n) is 9.48. The van der Waals surface area contributed by atoms with E-state index >= 15 is 0 Å². The molecule has 0 atom stereocenters. The molecule has 0 aliphatic rings. The number of ether oxygens (including phenoxy) is 1. The topological polar surface area (TPSA) is 9.23 Å². The van der Waals surface area contributed by atoms with Crippen LogP contribution in [0, 0.1) is 0 Å². The van der Waals surface area contributed by atoms with E-state index < -0.39 is 0 Å². The predicted molar refractivity (Wildman–Crippen MR) is 54.2 cm³/mol. The van der Waals surface area contributed by atoms with Gasteiger partial charge in [0.25, 0.3) is 0 Å². The summed E-state index contributed by atoms with van der Waals surface area (Å²) in [6.07, 6.45) is 0. The quantitative estimate of drug-likeness (QED) is 0.517. The molecule has 0 saturated carbocycles. The van der Waals surface area contributed by atoms with Crippen LogP contribution in [0.25, 0.3) is 0 Å². The van der Waals surface area contributed by atoms with Crippen molar-refractivity contribution in [1.29, 1.82) is 0 Å². The minimum absolute atomic E-state index is 0. The van der Waals surface area contributed by atoms with Crippen LogP contribution in [0.1, 0.15) is 30.5 Å². The fourth-order valence-electron chi connectivity index (χ4n) is 0.204. The molecule has 0 rings (SSSR count). The van der Waals surface area contributed by atoms with Crippen molar-refractivity contribution in [2.24, 2.45) is 0 Å². The van der Waals surface area contributed by atoms with E-state index in [9.17, 15) is 0 Å². The Morgan fingerprint density at radius 2 is 1.50 bits per heavy atom. The Bertz CT molecular complexity index is 45.6. The molecule has 0 aliphatic heterocycles. The third-order valence-corrected chi connectivity index (χ3v) is 0.408. The van der Waals surface area contributed by atoms with Gasteiger partial charge in [-0.15, -0.1) is 0 Å². The van der Waals surface area contributed by atoms with Crippen molar-refractivity contribution in [1.82, 2.24) is 0 Å². The zero-order valence-corrected chi connectivity index (χ0v) is 10.5. The zero-order chi connectivity index (χ0) is 7.70. The number of halogens is 1. The van der Waals surface area contributed by atoms with E-state index in [0.29, 0.717) is 4.83 Å². The summed E-state index contributed by atoms with van der Waals surface area (Å²) in [4.78, 5) is 0.646. The molecular weight excluding hydrogens is 204 g/mol. The maximum atomic E-state index is 4.83. The van der Waals surface area contributed by atoms with E-state index in [1.807, 2.05) is 13.8 Å². The molecule has 0 N–H and O–H groups in total. The molecule has 0 aromatic heterocycles. The second-order valence-corrected chi connectivity index (χ2v) is 3.63. The number of hydrogen-bond acceptors (Lipinski definition) is 1. The number of alkyl halides is 1. The van der Waals surface area contributed by atoms with Crippen molar-refractivity contribution in [2.75, 3.05) is 13.2 Å². The van der Waals surface area contributed by atoms with E-state index in [1.54, 1.807) is 0 Å². The molecule has 0 radical (unpaired) electrons. The molecule has 0 unspecified atom stereocenters. The van der Waals surface area contributed by atoms with Gasteiger partial charge < -0.3 is 7.59 Å². The van der Waals surface area contributed by atoms with Crippen LogP contribution >= 0.6 is 15.9 Å². The van der Waals surface area contributed by atoms with Crippen molar-refractivity contribution < 1.29 is 7.59 Å². The van der Waals surface area contributed by atoms with Crippen LogP contribution in [0.2, 0.25) is 0 Å². The summed E-state index contributed by atoms with van der Waals surface area (Å²) in [7, 11) is 0. The van der Waals surface area contributed by atoms with E-state index in [2.05, 4.69) is 29.8 Å². The first-order valence-corrected chi connectivity index (χ1v) is 4.28. The van der Waals surface area contributed by atoms with Gasteiger partial charge in [0.05, 0.1) is 0 Å². The van der Waals surface area contributed by atoms with Crippen molar-refractivity contribution in [2.45, 2.75) is 32.5 Å². The second-order valence-electron chi connectivity index (χ2n) is 1.80. The van der Waals surface area contributed by atoms with Gasteiger partial charge in [-0.1, -0.05) is 29.8 Å². The minimum atomic E-state index is 0. The third-order valence-electron chi connectivity index (χ3n) is 0.408. The molecule has 1 nitrogen and oxygen atoms in total. The van der Waals surface area contributed by atoms with Crippen molar-refractivity contribution in [3.05, 3.63) is 0 Å². The van der Waals surface area contributed by atoms with Crippen LogP contribution in [0.5, 0.6) is 0 Å². The van der Waals surface area contributed by atoms with Crippen molar-refractivity contribution >= 4 is 39.0 Å². The smallest absolute Gasteiger partial charge is 1.00 e. The summed E-state index contributed by atoms with van der Waals surface area (Å²) in [5.74, 6) is 0. The molecule has 0 aliphatic carbocycles. The van der Waals surface area contributed by atoms with E-state index in [1.165, 1.54) is 0 Å². The van der Waals surface area contributed by atoms with Gasteiger partial charge in [-0.25, -0.2) is 0 Å². The van der Waals surface area contributed by atoms with Gasteiger partial charge in [-0.05, 0) is 13.8 Å². The van der Waals surface area contributed by atoms with Crippen LogP contribution in [-0.2, 0) is 4.74 Å². The maximum Gasteiger partial charge on any atom is 2.00 e. The molecule has 0 aromatic carbocycles. The molecule has 62 valence electrons. The Labute approximate surface area is 92.2 Å². The summed E-state index contributed by atoms with van der Waals surface area (Å²) in [6, 6.07) is 0. The fraction of sp³-hybridized carbons (Fsp3) is 1.00. The van der Waals surface area contributed by atoms with Gasteiger partial charge in [-0.3, -0.25) is 0 Å². The number of rotatable bonds is 2. The van der Waals surface area contributed by atoms with Gasteiger partial charge in [0.15, 0.2) is 0 Å². The second kappa shape index (κ2) is 16.7. The Balaban J connectivity index is -0.0000000221. The molecule has 0 heterocycles. The predicted octanol–water partition coefficient (Wildman–Crippen LogP) is 2.68. The van der Waals surface area contributed by atoms with Gasteiger partial charge >= 0.3 is 23.1 Å². The van der Waals surface area contributed by atoms with Gasteiger partial charge in [0.2, 0.25) is 0 Å². The normalized spacial score (nSPS) is 7.80. The average Bonchev–Trinajstić information content (AvgIpc) is 1.66. The van der Waals surface area contributed by atoms with Gasteiger partial charge in [0.1, 0.15) is 0 Å². The Kier molecular flexibility index (Phi) is 28.9. The molecule has 0 fully saturated rings. The van der Waals surface area contributed by atoms with E-state index in [-0.39, 0.29) is 25.9 Å². The van der Waals surface area contributed by atoms with Crippen LogP contribution in [0.3, 0.4) is 0 Å². The van der Waals surface area contributed by atoms with Gasteiger partial charge in [0, 0.05) is 18.0 Å². The van der Waals surface area contributed by atoms with Crippen LogP contribution in [0.15, 0.2) is 0 Å². The SMILES string of the molecule is CC(C)Br.CCOCC.[H-].[H-].[Mg+2]. The Morgan fingerprint density at radius 3 is 1.50 bits per heavy atom. The summed E-state index contributed by atoms with van der Waals surface area (Å²) in [5.41, 5.74) is 0. The van der Waals surface area contributed by atoms with E-state index in [0.717, 1.165) is 13.2 Å². The monoisotopic (exact) mass is 222 g/mol. The minimum Gasteiger partial charge on any atom is -1.00 e. The summed E-state index contributed by atoms with van der Waals surface area (Å²) >= 11 is 3.27. The van der Waals surface area contributed by atoms with Crippen molar-refractivity contribution in [3.8, 4) is 0 Å². The molecule has 0 aromatic rings. The summed E-state index contributed by atoms with van der Waals surface area (Å²) in [5, 5.41) is 0. The first-order chi connectivity index (χ1) is 4.15. The average molecular weight is 223 g/mol. The summed E-state index contributed by atoms with van der Waals surface area (Å²) < 4.78 is 4.83. The fourth-order valence-corrected chi connectivity index (χ4v) is 0.204. The van der Waals surface area contributed by atoms with Crippen LogP contribution < -0.4 is 0 Å². The third kappa shape index (κ3) is 60.3. The number of hydrogen-bond donors (Lipinski definition) is 0. The molecule has 10 heavy (non-hydrogen) atoms. The molecule has 0 spiro atoms. The first-order valence-electron chi connectivity index (χ1n) is 3.36. The first kappa shape index (κ1) is 17.3.